The van der Waals surface area contributed by atoms with Gasteiger partial charge in [0.05, 0.1) is 16.5 Å². The largest absolute Gasteiger partial charge is 0.381 e. The molecule has 0 aliphatic heterocycles. The van der Waals surface area contributed by atoms with Gasteiger partial charge in [0.15, 0.2) is 9.84 Å². The molecule has 0 saturated heterocycles. The van der Waals surface area contributed by atoms with Gasteiger partial charge in [0.1, 0.15) is 0 Å². The summed E-state index contributed by atoms with van der Waals surface area (Å²) in [7, 11) is -3.35. The molecule has 6 nitrogen and oxygen atoms in total. The molecule has 0 fully saturated rings. The van der Waals surface area contributed by atoms with Crippen LogP contribution in [0.2, 0.25) is 0 Å². The first kappa shape index (κ1) is 30.8. The fourth-order valence-corrected chi connectivity index (χ4v) is 3.85. The second-order valence-electron chi connectivity index (χ2n) is 9.10. The highest BCUT2D eigenvalue weighted by atomic mass is 32.2. The molecule has 1 aromatic rings. The summed E-state index contributed by atoms with van der Waals surface area (Å²) in [5.74, 6) is -0.999. The summed E-state index contributed by atoms with van der Waals surface area (Å²) in [6.07, 6.45) is 12.0. The van der Waals surface area contributed by atoms with Crippen molar-refractivity contribution in [2.45, 2.75) is 48.0 Å². The lowest BCUT2D eigenvalue weighted by Gasteiger charge is -2.13. The number of anilines is 1. The van der Waals surface area contributed by atoms with Crippen LogP contribution in [0, 0.1) is 18.8 Å². The highest BCUT2D eigenvalue weighted by molar-refractivity contribution is 7.94. The topological polar surface area (TPSA) is 102 Å². The Labute approximate surface area is 217 Å². The molecule has 0 heterocycles. The zero-order valence-electron chi connectivity index (χ0n) is 22.6. The van der Waals surface area contributed by atoms with E-state index in [-0.39, 0.29) is 10.8 Å². The molecule has 3 N–H and O–H groups in total. The molecule has 1 rings (SSSR count). The number of aliphatic imine (C=N–C) groups is 1. The van der Waals surface area contributed by atoms with Crippen LogP contribution in [0.3, 0.4) is 0 Å². The number of allylic oxidation sites excluding steroid dienone is 6. The van der Waals surface area contributed by atoms with E-state index in [2.05, 4.69) is 48.9 Å². The second kappa shape index (κ2) is 14.4. The lowest BCUT2D eigenvalue weighted by molar-refractivity contribution is -0.119. The third-order valence-electron chi connectivity index (χ3n) is 5.95. The van der Waals surface area contributed by atoms with Crippen molar-refractivity contribution in [2.24, 2.45) is 22.6 Å². The van der Waals surface area contributed by atoms with Crippen LogP contribution in [0.4, 0.5) is 5.69 Å². The van der Waals surface area contributed by atoms with Crippen LogP contribution in [0.15, 0.2) is 81.9 Å². The summed E-state index contributed by atoms with van der Waals surface area (Å²) >= 11 is 0. The Morgan fingerprint density at radius 2 is 1.89 bits per heavy atom. The normalized spacial score (nSPS) is 15.6. The van der Waals surface area contributed by atoms with Gasteiger partial charge in [0, 0.05) is 24.7 Å². The molecule has 0 radical (unpaired) electrons. The number of nitrogens with one attached hydrogen (secondary N) is 1. The van der Waals surface area contributed by atoms with Gasteiger partial charge in [-0.1, -0.05) is 44.2 Å². The molecule has 0 saturated carbocycles. The minimum atomic E-state index is -3.35. The van der Waals surface area contributed by atoms with E-state index in [4.69, 9.17) is 5.73 Å². The predicted octanol–water partition coefficient (Wildman–Crippen LogP) is 5.69. The van der Waals surface area contributed by atoms with E-state index in [1.165, 1.54) is 29.5 Å². The van der Waals surface area contributed by atoms with Crippen molar-refractivity contribution < 1.29 is 13.2 Å². The van der Waals surface area contributed by atoms with E-state index in [0.29, 0.717) is 6.54 Å². The van der Waals surface area contributed by atoms with Gasteiger partial charge in [0.25, 0.3) is 0 Å². The Hall–Kier alpha value is -3.19. The number of nitrogens with zero attached hydrogens (tertiary/aromatic N) is 1. The third kappa shape index (κ3) is 10.2. The van der Waals surface area contributed by atoms with E-state index < -0.39 is 21.7 Å². The van der Waals surface area contributed by atoms with Crippen LogP contribution in [0.1, 0.15) is 45.7 Å². The van der Waals surface area contributed by atoms with Gasteiger partial charge in [-0.25, -0.2) is 8.42 Å². The van der Waals surface area contributed by atoms with Crippen LogP contribution in [0.25, 0.3) is 0 Å². The lowest BCUT2D eigenvalue weighted by atomic mass is 10.00. The van der Waals surface area contributed by atoms with Crippen molar-refractivity contribution in [1.29, 1.82) is 0 Å². The monoisotopic (exact) mass is 511 g/mol. The number of rotatable bonds is 13. The Bertz CT molecular complexity index is 1200. The Morgan fingerprint density at radius 1 is 1.22 bits per heavy atom. The molecule has 196 valence electrons. The average molecular weight is 512 g/mol. The fourth-order valence-electron chi connectivity index (χ4n) is 3.18. The minimum absolute atomic E-state index is 0.0521. The maximum atomic E-state index is 12.0. The number of hydrogen-bond donors (Lipinski definition) is 2. The van der Waals surface area contributed by atoms with Crippen molar-refractivity contribution in [3.05, 3.63) is 88.0 Å². The van der Waals surface area contributed by atoms with E-state index >= 15 is 0 Å². The molecule has 1 aromatic carbocycles. The lowest BCUT2D eigenvalue weighted by Crippen LogP contribution is -2.21. The molecule has 0 aliphatic carbocycles. The van der Waals surface area contributed by atoms with Gasteiger partial charge >= 0.3 is 0 Å². The molecule has 7 heteroatoms. The van der Waals surface area contributed by atoms with Gasteiger partial charge < -0.3 is 11.1 Å². The van der Waals surface area contributed by atoms with Crippen LogP contribution in [-0.4, -0.2) is 33.3 Å². The molecule has 0 bridgehead atoms. The smallest absolute Gasteiger partial charge is 0.225 e. The SMILES string of the molecule is C=C/C=C(\C=C/C(C)/C(C)=C/C(N=CC(C)C(N)=O)=C(\C)CNc1ccc(C)c(CC)c1)S(C)(=O)=O. The number of carbonyl (C=O) groups excluding carboxylic acids is 1. The second-order valence-corrected chi connectivity index (χ2v) is 11.1. The number of carbonyl (C=O) groups is 1. The van der Waals surface area contributed by atoms with Gasteiger partial charge in [0.2, 0.25) is 5.91 Å². The molecular formula is C29H41N3O3S. The number of hydrogen-bond acceptors (Lipinski definition) is 5. The highest BCUT2D eigenvalue weighted by Gasteiger charge is 2.10. The molecule has 0 aromatic heterocycles. The van der Waals surface area contributed by atoms with Gasteiger partial charge in [-0.15, -0.1) is 0 Å². The summed E-state index contributed by atoms with van der Waals surface area (Å²) in [5.41, 5.74) is 11.7. The first-order valence-electron chi connectivity index (χ1n) is 12.1. The summed E-state index contributed by atoms with van der Waals surface area (Å²) in [4.78, 5) is 16.3. The van der Waals surface area contributed by atoms with Crippen LogP contribution in [0.5, 0.6) is 0 Å². The van der Waals surface area contributed by atoms with Crippen molar-refractivity contribution in [2.75, 3.05) is 18.1 Å². The van der Waals surface area contributed by atoms with E-state index in [1.54, 1.807) is 19.2 Å². The summed E-state index contributed by atoms with van der Waals surface area (Å²) < 4.78 is 23.9. The first-order chi connectivity index (χ1) is 16.8. The van der Waals surface area contributed by atoms with Crippen molar-refractivity contribution in [3.63, 3.8) is 0 Å². The maximum absolute atomic E-state index is 12.0. The van der Waals surface area contributed by atoms with Crippen molar-refractivity contribution >= 4 is 27.6 Å². The standard InChI is InChI=1S/C29H41N3O3S/c1-9-11-27(36(8,34)35)15-13-20(3)22(5)16-28(32-19-24(7)29(30)33)23(6)18-31-26-14-12-21(4)25(10-2)17-26/h9,11-17,19-20,24,31H,1,10,18H2,2-8H3,(H2,30,33)/b15-13-,22-16+,27-11+,28-23-,32-19?. The molecule has 2 unspecified atom stereocenters. The zero-order valence-corrected chi connectivity index (χ0v) is 23.4. The zero-order chi connectivity index (χ0) is 27.5. The van der Waals surface area contributed by atoms with Crippen LogP contribution < -0.4 is 11.1 Å². The predicted molar refractivity (Wildman–Crippen MR) is 154 cm³/mol. The molecule has 2 atom stereocenters. The summed E-state index contributed by atoms with van der Waals surface area (Å²) in [5, 5.41) is 3.46. The molecule has 1 amide bonds. The van der Waals surface area contributed by atoms with E-state index in [9.17, 15) is 13.2 Å². The van der Waals surface area contributed by atoms with Crippen molar-refractivity contribution in [3.8, 4) is 0 Å². The van der Waals surface area contributed by atoms with E-state index in [1.807, 2.05) is 32.9 Å². The first-order valence-corrected chi connectivity index (χ1v) is 13.9. The molecular weight excluding hydrogens is 470 g/mol. The van der Waals surface area contributed by atoms with Gasteiger partial charge in [-0.05, 0) is 87.1 Å². The summed E-state index contributed by atoms with van der Waals surface area (Å²) in [6.45, 7) is 16.0. The van der Waals surface area contributed by atoms with Gasteiger partial charge in [-0.2, -0.15) is 0 Å². The Kier molecular flexibility index (Phi) is 12.3. The minimum Gasteiger partial charge on any atom is -0.381 e. The highest BCUT2D eigenvalue weighted by Crippen LogP contribution is 2.21. The third-order valence-corrected chi connectivity index (χ3v) is 7.08. The quantitative estimate of drug-likeness (QED) is 0.262. The number of nitrogens with two attached hydrogens (primary N) is 1. The van der Waals surface area contributed by atoms with Crippen LogP contribution >= 0.6 is 0 Å². The number of aryl methyl sites for hydroxylation is 2. The van der Waals surface area contributed by atoms with Gasteiger partial charge in [-0.3, -0.25) is 9.79 Å². The number of amides is 1. The fraction of sp³-hybridized carbons (Fsp3) is 0.379. The number of primary amides is 1. The molecule has 36 heavy (non-hydrogen) atoms. The molecule has 0 aliphatic rings. The Balaban J connectivity index is 3.29. The molecule has 0 spiro atoms. The maximum Gasteiger partial charge on any atom is 0.225 e. The summed E-state index contributed by atoms with van der Waals surface area (Å²) in [6, 6.07) is 6.33. The number of sulfone groups is 1. The number of benzene rings is 1. The van der Waals surface area contributed by atoms with Crippen molar-refractivity contribution in [1.82, 2.24) is 0 Å². The van der Waals surface area contributed by atoms with Crippen LogP contribution in [-0.2, 0) is 21.1 Å². The average Bonchev–Trinajstić information content (AvgIpc) is 2.81. The van der Waals surface area contributed by atoms with E-state index in [0.717, 1.165) is 29.0 Å². The Morgan fingerprint density at radius 3 is 2.44 bits per heavy atom.